The molecule has 1 saturated heterocycles. The molecule has 0 spiro atoms. The average Bonchev–Trinajstić information content (AvgIpc) is 2.52. The molecule has 1 saturated carbocycles. The summed E-state index contributed by atoms with van der Waals surface area (Å²) in [5.41, 5.74) is -1.71. The second-order valence-corrected chi connectivity index (χ2v) is 7.19. The van der Waals surface area contributed by atoms with Gasteiger partial charge in [-0.2, -0.15) is 0 Å². The van der Waals surface area contributed by atoms with E-state index in [0.717, 1.165) is 25.7 Å². The molecule has 1 heterocycles. The molecule has 106 valence electrons. The molecule has 2 fully saturated rings. The quantitative estimate of drug-likeness (QED) is 0.656. The maximum Gasteiger partial charge on any atom is 0.339 e. The molecule has 4 atom stereocenters. The van der Waals surface area contributed by atoms with E-state index in [1.54, 1.807) is 6.08 Å². The van der Waals surface area contributed by atoms with Gasteiger partial charge < -0.3 is 14.9 Å². The number of aliphatic hydroxyl groups excluding tert-OH is 1. The number of hydrogen-bond acceptors (Lipinski definition) is 4. The van der Waals surface area contributed by atoms with Gasteiger partial charge in [0.15, 0.2) is 5.60 Å². The summed E-state index contributed by atoms with van der Waals surface area (Å²) in [6, 6.07) is 0. The van der Waals surface area contributed by atoms with Crippen molar-refractivity contribution in [3.05, 3.63) is 11.6 Å². The van der Waals surface area contributed by atoms with Gasteiger partial charge in [0.25, 0.3) is 0 Å². The molecule has 2 aliphatic carbocycles. The first-order chi connectivity index (χ1) is 8.73. The van der Waals surface area contributed by atoms with Crippen molar-refractivity contribution >= 4 is 5.97 Å². The van der Waals surface area contributed by atoms with Crippen molar-refractivity contribution in [1.82, 2.24) is 0 Å². The Morgan fingerprint density at radius 1 is 1.32 bits per heavy atom. The molecule has 0 aromatic heterocycles. The Balaban J connectivity index is 2.16. The summed E-state index contributed by atoms with van der Waals surface area (Å²) in [4.78, 5) is 11.8. The van der Waals surface area contributed by atoms with Gasteiger partial charge >= 0.3 is 5.97 Å². The normalized spacial score (nSPS) is 48.1. The monoisotopic (exact) mass is 266 g/mol. The maximum atomic E-state index is 11.8. The highest BCUT2D eigenvalue weighted by molar-refractivity contribution is 5.94. The van der Waals surface area contributed by atoms with Crippen LogP contribution in [0, 0.1) is 16.7 Å². The SMILES string of the molecule is CC1(C)CCC[C@]2(C)[C@@H]1CC=C1C(=O)O[C@@H](O)[C@]12O. The average molecular weight is 266 g/mol. The van der Waals surface area contributed by atoms with E-state index in [4.69, 9.17) is 4.74 Å². The molecule has 4 nitrogen and oxygen atoms in total. The zero-order chi connectivity index (χ0) is 14.1. The molecule has 0 radical (unpaired) electrons. The summed E-state index contributed by atoms with van der Waals surface area (Å²) in [6.07, 6.45) is 4.02. The molecule has 0 bridgehead atoms. The molecule has 3 aliphatic rings. The lowest BCUT2D eigenvalue weighted by atomic mass is 9.47. The predicted molar refractivity (Wildman–Crippen MR) is 69.0 cm³/mol. The van der Waals surface area contributed by atoms with Crippen LogP contribution in [0.15, 0.2) is 11.6 Å². The maximum absolute atomic E-state index is 11.8. The van der Waals surface area contributed by atoms with Crippen molar-refractivity contribution in [1.29, 1.82) is 0 Å². The van der Waals surface area contributed by atoms with Crippen LogP contribution in [-0.2, 0) is 9.53 Å². The third-order valence-corrected chi connectivity index (χ3v) is 5.86. The minimum Gasteiger partial charge on any atom is -0.429 e. The number of hydrogen-bond donors (Lipinski definition) is 2. The van der Waals surface area contributed by atoms with Crippen LogP contribution in [0.3, 0.4) is 0 Å². The van der Waals surface area contributed by atoms with E-state index in [1.807, 2.05) is 6.92 Å². The van der Waals surface area contributed by atoms with Gasteiger partial charge in [0.05, 0.1) is 5.57 Å². The van der Waals surface area contributed by atoms with Gasteiger partial charge in [-0.1, -0.05) is 33.3 Å². The van der Waals surface area contributed by atoms with Crippen molar-refractivity contribution < 1.29 is 19.7 Å². The van der Waals surface area contributed by atoms with E-state index in [2.05, 4.69) is 13.8 Å². The molecule has 4 heteroatoms. The van der Waals surface area contributed by atoms with Crippen LogP contribution in [0.2, 0.25) is 0 Å². The van der Waals surface area contributed by atoms with E-state index in [0.29, 0.717) is 0 Å². The Bertz CT molecular complexity index is 467. The number of allylic oxidation sites excluding steroid dienone is 1. The summed E-state index contributed by atoms with van der Waals surface area (Å²) in [7, 11) is 0. The zero-order valence-electron chi connectivity index (χ0n) is 11.8. The summed E-state index contributed by atoms with van der Waals surface area (Å²) in [6.45, 7) is 6.42. The first kappa shape index (κ1) is 13.1. The number of carbonyl (C=O) groups is 1. The Labute approximate surface area is 113 Å². The van der Waals surface area contributed by atoms with Crippen molar-refractivity contribution in [2.45, 2.75) is 58.3 Å². The van der Waals surface area contributed by atoms with Crippen LogP contribution in [0.25, 0.3) is 0 Å². The van der Waals surface area contributed by atoms with Gasteiger partial charge in [0, 0.05) is 5.41 Å². The zero-order valence-corrected chi connectivity index (χ0v) is 11.8. The summed E-state index contributed by atoms with van der Waals surface area (Å²) in [5, 5.41) is 21.2. The Morgan fingerprint density at radius 2 is 2.00 bits per heavy atom. The van der Waals surface area contributed by atoms with E-state index >= 15 is 0 Å². The molecule has 0 aromatic carbocycles. The Hall–Kier alpha value is -0.870. The Kier molecular flexibility index (Phi) is 2.50. The van der Waals surface area contributed by atoms with Gasteiger partial charge in [-0.05, 0) is 30.6 Å². The molecule has 1 aliphatic heterocycles. The number of ether oxygens (including phenoxy) is 1. The molecular weight excluding hydrogens is 244 g/mol. The fourth-order valence-electron chi connectivity index (χ4n) is 4.76. The number of esters is 1. The number of rotatable bonds is 0. The van der Waals surface area contributed by atoms with E-state index in [1.165, 1.54) is 0 Å². The molecule has 3 rings (SSSR count). The van der Waals surface area contributed by atoms with Crippen LogP contribution in [0.1, 0.15) is 46.5 Å². The lowest BCUT2D eigenvalue weighted by molar-refractivity contribution is -0.230. The fourth-order valence-corrected chi connectivity index (χ4v) is 4.76. The van der Waals surface area contributed by atoms with Gasteiger partial charge in [-0.3, -0.25) is 0 Å². The van der Waals surface area contributed by atoms with Gasteiger partial charge in [0.1, 0.15) is 0 Å². The highest BCUT2D eigenvalue weighted by atomic mass is 16.7. The smallest absolute Gasteiger partial charge is 0.339 e. The van der Waals surface area contributed by atoms with E-state index in [-0.39, 0.29) is 16.9 Å². The first-order valence-corrected chi connectivity index (χ1v) is 7.05. The fraction of sp³-hybridized carbons (Fsp3) is 0.800. The highest BCUT2D eigenvalue weighted by Crippen LogP contribution is 2.63. The molecule has 0 unspecified atom stereocenters. The summed E-state index contributed by atoms with van der Waals surface area (Å²) < 4.78 is 4.89. The molecule has 0 amide bonds. The van der Waals surface area contributed by atoms with Crippen molar-refractivity contribution in [3.63, 3.8) is 0 Å². The van der Waals surface area contributed by atoms with Crippen molar-refractivity contribution in [2.75, 3.05) is 0 Å². The summed E-state index contributed by atoms with van der Waals surface area (Å²) in [5.74, 6) is -0.329. The molecule has 0 aromatic rings. The van der Waals surface area contributed by atoms with Crippen LogP contribution < -0.4 is 0 Å². The van der Waals surface area contributed by atoms with E-state index < -0.39 is 23.3 Å². The molecule has 19 heavy (non-hydrogen) atoms. The first-order valence-electron chi connectivity index (χ1n) is 7.05. The van der Waals surface area contributed by atoms with Crippen molar-refractivity contribution in [3.8, 4) is 0 Å². The highest BCUT2D eigenvalue weighted by Gasteiger charge is 2.68. The number of fused-ring (bicyclic) bond motifs is 3. The van der Waals surface area contributed by atoms with Crippen LogP contribution in [-0.4, -0.2) is 28.1 Å². The van der Waals surface area contributed by atoms with E-state index in [9.17, 15) is 15.0 Å². The summed E-state index contributed by atoms with van der Waals surface area (Å²) >= 11 is 0. The molecule has 2 N–H and O–H groups in total. The second kappa shape index (κ2) is 3.61. The third kappa shape index (κ3) is 1.39. The third-order valence-electron chi connectivity index (χ3n) is 5.86. The number of cyclic esters (lactones) is 1. The minimum atomic E-state index is -1.55. The van der Waals surface area contributed by atoms with Gasteiger partial charge in [-0.25, -0.2) is 4.79 Å². The van der Waals surface area contributed by atoms with Crippen LogP contribution in [0.4, 0.5) is 0 Å². The van der Waals surface area contributed by atoms with Crippen LogP contribution >= 0.6 is 0 Å². The molecular formula is C15H22O4. The van der Waals surface area contributed by atoms with Crippen LogP contribution in [0.5, 0.6) is 0 Å². The predicted octanol–water partition coefficient (Wildman–Crippen LogP) is 1.76. The second-order valence-electron chi connectivity index (χ2n) is 7.19. The standard InChI is InChI=1S/C15H22O4/c1-13(2)7-4-8-14(3)10(13)6-5-9-11(16)19-12(17)15(9,14)18/h5,10,12,17-18H,4,6-8H2,1-3H3/t10-,12-,14-,15-/m1/s1. The minimum absolute atomic E-state index is 0.0934. The van der Waals surface area contributed by atoms with Crippen molar-refractivity contribution in [2.24, 2.45) is 16.7 Å². The topological polar surface area (TPSA) is 66.8 Å². The lowest BCUT2D eigenvalue weighted by Crippen LogP contribution is -2.62. The van der Waals surface area contributed by atoms with Gasteiger partial charge in [0.2, 0.25) is 6.29 Å². The Morgan fingerprint density at radius 3 is 2.68 bits per heavy atom. The largest absolute Gasteiger partial charge is 0.429 e. The number of carbonyl (C=O) groups excluding carboxylic acids is 1. The lowest BCUT2D eigenvalue weighted by Gasteiger charge is -2.58. The van der Waals surface area contributed by atoms with Gasteiger partial charge in [-0.15, -0.1) is 0 Å². The number of aliphatic hydroxyl groups is 2.